The van der Waals surface area contributed by atoms with Crippen molar-refractivity contribution in [3.8, 4) is 5.75 Å². The van der Waals surface area contributed by atoms with Crippen molar-refractivity contribution < 1.29 is 4.74 Å². The van der Waals surface area contributed by atoms with Gasteiger partial charge in [0, 0.05) is 6.04 Å². The monoisotopic (exact) mass is 306 g/mol. The third kappa shape index (κ3) is 2.76. The number of fused-ring (bicyclic) bond motifs is 1. The van der Waals surface area contributed by atoms with Crippen molar-refractivity contribution in [1.29, 1.82) is 0 Å². The fraction of sp³-hybridized carbons (Fsp3) is 0.588. The quantitative estimate of drug-likeness (QED) is 0.678. The van der Waals surface area contributed by atoms with Gasteiger partial charge in [0.25, 0.3) is 0 Å². The van der Waals surface area contributed by atoms with Crippen molar-refractivity contribution in [3.05, 3.63) is 24.0 Å². The van der Waals surface area contributed by atoms with Gasteiger partial charge in [0.15, 0.2) is 0 Å². The summed E-state index contributed by atoms with van der Waals surface area (Å²) in [7, 11) is 0. The Labute approximate surface area is 131 Å². The van der Waals surface area contributed by atoms with E-state index in [1.807, 2.05) is 6.07 Å². The lowest BCUT2D eigenvalue weighted by Crippen LogP contribution is -2.01. The van der Waals surface area contributed by atoms with Gasteiger partial charge in [0.2, 0.25) is 0 Å². The largest absolute Gasteiger partial charge is 0.491 e. The highest BCUT2D eigenvalue weighted by atomic mass is 35.5. The van der Waals surface area contributed by atoms with Gasteiger partial charge >= 0.3 is 0 Å². The van der Waals surface area contributed by atoms with E-state index in [2.05, 4.69) is 30.5 Å². The molecular formula is C17H23ClN2O. The summed E-state index contributed by atoms with van der Waals surface area (Å²) in [6.07, 6.45) is 4.79. The second-order valence-electron chi connectivity index (χ2n) is 5.86. The maximum Gasteiger partial charge on any atom is 0.147 e. The molecular weight excluding hydrogens is 284 g/mol. The minimum absolute atomic E-state index is 0.456. The van der Waals surface area contributed by atoms with Crippen LogP contribution in [-0.4, -0.2) is 16.2 Å². The number of aromatic nitrogens is 2. The molecule has 0 bridgehead atoms. The first kappa shape index (κ1) is 14.7. The van der Waals surface area contributed by atoms with Crippen LogP contribution in [0.1, 0.15) is 51.4 Å². The van der Waals surface area contributed by atoms with Gasteiger partial charge < -0.3 is 9.30 Å². The van der Waals surface area contributed by atoms with Gasteiger partial charge in [-0.05, 0) is 37.3 Å². The normalized spacial score (nSPS) is 20.9. The van der Waals surface area contributed by atoms with Crippen molar-refractivity contribution in [3.63, 3.8) is 0 Å². The SMILES string of the molecule is CCCOc1cccc2c1nc(CCl)n2C1CC1CCC. The second-order valence-corrected chi connectivity index (χ2v) is 6.12. The zero-order valence-electron chi connectivity index (χ0n) is 12.8. The highest BCUT2D eigenvalue weighted by Gasteiger charge is 2.39. The number of hydrogen-bond acceptors (Lipinski definition) is 2. The topological polar surface area (TPSA) is 27.1 Å². The third-order valence-corrected chi connectivity index (χ3v) is 4.45. The Balaban J connectivity index is 1.99. The molecule has 0 aliphatic heterocycles. The lowest BCUT2D eigenvalue weighted by molar-refractivity contribution is 0.320. The number of alkyl halides is 1. The van der Waals surface area contributed by atoms with Crippen molar-refractivity contribution in [2.45, 2.75) is 51.5 Å². The number of ether oxygens (including phenoxy) is 1. The minimum atomic E-state index is 0.456. The molecule has 1 saturated carbocycles. The average molecular weight is 307 g/mol. The number of nitrogens with zero attached hydrogens (tertiary/aromatic N) is 2. The molecule has 114 valence electrons. The van der Waals surface area contributed by atoms with E-state index in [1.54, 1.807) is 0 Å². The molecule has 1 heterocycles. The molecule has 2 unspecified atom stereocenters. The molecule has 0 spiro atoms. The predicted octanol–water partition coefficient (Wildman–Crippen LogP) is 4.93. The summed E-state index contributed by atoms with van der Waals surface area (Å²) in [4.78, 5) is 4.75. The maximum atomic E-state index is 6.13. The van der Waals surface area contributed by atoms with Crippen LogP contribution in [0.4, 0.5) is 0 Å². The first-order valence-corrected chi connectivity index (χ1v) is 8.52. The van der Waals surface area contributed by atoms with E-state index in [9.17, 15) is 0 Å². The van der Waals surface area contributed by atoms with Gasteiger partial charge in [0.1, 0.15) is 17.1 Å². The van der Waals surface area contributed by atoms with E-state index in [-0.39, 0.29) is 0 Å². The maximum absolute atomic E-state index is 6.13. The van der Waals surface area contributed by atoms with Crippen molar-refractivity contribution in [1.82, 2.24) is 9.55 Å². The van der Waals surface area contributed by atoms with Gasteiger partial charge in [-0.2, -0.15) is 0 Å². The van der Waals surface area contributed by atoms with Crippen LogP contribution in [0.15, 0.2) is 18.2 Å². The molecule has 1 aromatic carbocycles. The molecule has 0 radical (unpaired) electrons. The summed E-state index contributed by atoms with van der Waals surface area (Å²) >= 11 is 6.13. The van der Waals surface area contributed by atoms with E-state index < -0.39 is 0 Å². The Kier molecular flexibility index (Phi) is 4.39. The van der Waals surface area contributed by atoms with Crippen LogP contribution in [0.5, 0.6) is 5.75 Å². The summed E-state index contributed by atoms with van der Waals surface area (Å²) < 4.78 is 8.19. The minimum Gasteiger partial charge on any atom is -0.491 e. The average Bonchev–Trinajstić information content (AvgIpc) is 3.14. The van der Waals surface area contributed by atoms with E-state index in [1.165, 1.54) is 24.8 Å². The summed E-state index contributed by atoms with van der Waals surface area (Å²) in [6.45, 7) is 5.09. The number of halogens is 1. The first-order chi connectivity index (χ1) is 10.3. The molecule has 2 aromatic rings. The standard InChI is InChI=1S/C17H23ClN2O/c1-3-6-12-10-14(12)20-13-7-5-8-15(21-9-4-2)17(13)19-16(20)11-18/h5,7-8,12,14H,3-4,6,9-11H2,1-2H3. The molecule has 0 amide bonds. The predicted molar refractivity (Wildman–Crippen MR) is 87.1 cm³/mol. The zero-order valence-corrected chi connectivity index (χ0v) is 13.6. The van der Waals surface area contributed by atoms with Crippen molar-refractivity contribution >= 4 is 22.6 Å². The third-order valence-electron chi connectivity index (χ3n) is 4.21. The summed E-state index contributed by atoms with van der Waals surface area (Å²) in [5.41, 5.74) is 2.13. The number of hydrogen-bond donors (Lipinski definition) is 0. The molecule has 21 heavy (non-hydrogen) atoms. The van der Waals surface area contributed by atoms with Crippen molar-refractivity contribution in [2.24, 2.45) is 5.92 Å². The van der Waals surface area contributed by atoms with Gasteiger partial charge in [0.05, 0.1) is 18.0 Å². The molecule has 0 N–H and O–H groups in total. The molecule has 1 fully saturated rings. The fourth-order valence-electron chi connectivity index (χ4n) is 3.16. The van der Waals surface area contributed by atoms with Gasteiger partial charge in [-0.1, -0.05) is 26.3 Å². The Morgan fingerprint density at radius 1 is 1.33 bits per heavy atom. The lowest BCUT2D eigenvalue weighted by atomic mass is 10.2. The van der Waals surface area contributed by atoms with Gasteiger partial charge in [-0.3, -0.25) is 0 Å². The molecule has 3 nitrogen and oxygen atoms in total. The van der Waals surface area contributed by atoms with E-state index in [4.69, 9.17) is 21.3 Å². The van der Waals surface area contributed by atoms with E-state index in [0.29, 0.717) is 11.9 Å². The molecule has 3 rings (SSSR count). The summed E-state index contributed by atoms with van der Waals surface area (Å²) in [5.74, 6) is 3.10. The molecule has 0 saturated heterocycles. The molecule has 4 heteroatoms. The van der Waals surface area contributed by atoms with Crippen LogP contribution in [0.25, 0.3) is 11.0 Å². The number of imidazole rings is 1. The number of benzene rings is 1. The Morgan fingerprint density at radius 2 is 2.19 bits per heavy atom. The van der Waals surface area contributed by atoms with Crippen molar-refractivity contribution in [2.75, 3.05) is 6.61 Å². The van der Waals surface area contributed by atoms with Gasteiger partial charge in [-0.25, -0.2) is 4.98 Å². The molecule has 1 aromatic heterocycles. The number of rotatable bonds is 7. The fourth-order valence-corrected chi connectivity index (χ4v) is 3.35. The highest BCUT2D eigenvalue weighted by Crippen LogP contribution is 2.49. The second kappa shape index (κ2) is 6.27. The number of para-hydroxylation sites is 1. The van der Waals surface area contributed by atoms with Crippen LogP contribution in [-0.2, 0) is 5.88 Å². The Hall–Kier alpha value is -1.22. The molecule has 2 atom stereocenters. The smallest absolute Gasteiger partial charge is 0.147 e. The van der Waals surface area contributed by atoms with Crippen LogP contribution in [0.3, 0.4) is 0 Å². The zero-order chi connectivity index (χ0) is 14.8. The van der Waals surface area contributed by atoms with E-state index in [0.717, 1.165) is 36.0 Å². The summed E-state index contributed by atoms with van der Waals surface area (Å²) in [5, 5.41) is 0. The Morgan fingerprint density at radius 3 is 2.90 bits per heavy atom. The van der Waals surface area contributed by atoms with Crippen LogP contribution in [0, 0.1) is 5.92 Å². The lowest BCUT2D eigenvalue weighted by Gasteiger charge is -2.08. The van der Waals surface area contributed by atoms with Crippen LogP contribution < -0.4 is 4.74 Å². The summed E-state index contributed by atoms with van der Waals surface area (Å²) in [6, 6.07) is 6.77. The first-order valence-electron chi connectivity index (χ1n) is 7.98. The molecule has 1 aliphatic carbocycles. The van der Waals surface area contributed by atoms with Crippen LogP contribution in [0.2, 0.25) is 0 Å². The van der Waals surface area contributed by atoms with E-state index >= 15 is 0 Å². The Bertz CT molecular complexity index is 623. The highest BCUT2D eigenvalue weighted by molar-refractivity contribution is 6.16. The van der Waals surface area contributed by atoms with Crippen LogP contribution >= 0.6 is 11.6 Å². The molecule has 1 aliphatic rings. The van der Waals surface area contributed by atoms with Gasteiger partial charge in [-0.15, -0.1) is 11.6 Å².